The van der Waals surface area contributed by atoms with E-state index in [1.54, 1.807) is 24.3 Å². The molecule has 32 heavy (non-hydrogen) atoms. The first-order valence-corrected chi connectivity index (χ1v) is 10.2. The minimum Gasteiger partial charge on any atom is -0.482 e. The second-order valence-electron chi connectivity index (χ2n) is 8.00. The molecule has 0 atom stereocenters. The van der Waals surface area contributed by atoms with Crippen LogP contribution in [0.3, 0.4) is 0 Å². The number of para-hydroxylation sites is 1. The molecule has 0 spiro atoms. The van der Waals surface area contributed by atoms with Crippen LogP contribution in [0.25, 0.3) is 6.08 Å². The molecule has 0 unspecified atom stereocenters. The lowest BCUT2D eigenvalue weighted by atomic mass is 9.86. The average molecular weight is 437 g/mol. The second-order valence-corrected chi connectivity index (χ2v) is 8.00. The van der Waals surface area contributed by atoms with Crippen molar-refractivity contribution in [3.63, 3.8) is 0 Å². The highest BCUT2D eigenvalue weighted by atomic mass is 16.6. The number of nitrogens with one attached hydrogen (secondary N) is 1. The molecule has 7 nitrogen and oxygen atoms in total. The number of methoxy groups -OCH3 is 1. The van der Waals surface area contributed by atoms with Gasteiger partial charge < -0.3 is 19.5 Å². The third-order valence-corrected chi connectivity index (χ3v) is 4.42. The Morgan fingerprint density at radius 3 is 2.41 bits per heavy atom. The van der Waals surface area contributed by atoms with Crippen LogP contribution in [0.15, 0.2) is 54.1 Å². The van der Waals surface area contributed by atoms with Crippen LogP contribution in [0.4, 0.5) is 0 Å². The molecule has 0 saturated carbocycles. The molecular weight excluding hydrogens is 408 g/mol. The number of hydrogen-bond donors (Lipinski definition) is 1. The van der Waals surface area contributed by atoms with Crippen molar-refractivity contribution in [1.29, 1.82) is 5.26 Å². The van der Waals surface area contributed by atoms with Crippen LogP contribution in [0, 0.1) is 11.3 Å². The Morgan fingerprint density at radius 1 is 1.09 bits per heavy atom. The van der Waals surface area contributed by atoms with E-state index in [1.807, 2.05) is 30.3 Å². The fraction of sp³-hybridized carbons (Fsp3) is 0.320. The molecule has 0 heterocycles. The third-order valence-electron chi connectivity index (χ3n) is 4.42. The molecule has 1 amide bonds. The SMILES string of the molecule is COCCNC(=O)/C(C#N)=C/c1ccc(OC(=O)COc2ccccc2C(C)(C)C)cc1. The van der Waals surface area contributed by atoms with E-state index >= 15 is 0 Å². The predicted octanol–water partition coefficient (Wildman–Crippen LogP) is 3.64. The summed E-state index contributed by atoms with van der Waals surface area (Å²) in [5, 5.41) is 11.8. The zero-order chi connectivity index (χ0) is 23.6. The molecule has 0 saturated heterocycles. The largest absolute Gasteiger partial charge is 0.482 e. The highest BCUT2D eigenvalue weighted by molar-refractivity contribution is 6.01. The van der Waals surface area contributed by atoms with E-state index in [1.165, 1.54) is 13.2 Å². The van der Waals surface area contributed by atoms with E-state index in [0.29, 0.717) is 30.2 Å². The molecule has 7 heteroatoms. The highest BCUT2D eigenvalue weighted by Gasteiger charge is 2.19. The van der Waals surface area contributed by atoms with Crippen molar-refractivity contribution in [2.24, 2.45) is 0 Å². The molecule has 0 aliphatic carbocycles. The Labute approximate surface area is 188 Å². The van der Waals surface area contributed by atoms with Crippen LogP contribution in [-0.2, 0) is 19.7 Å². The summed E-state index contributed by atoms with van der Waals surface area (Å²) < 4.78 is 15.9. The highest BCUT2D eigenvalue weighted by Crippen LogP contribution is 2.30. The van der Waals surface area contributed by atoms with Crippen molar-refractivity contribution in [2.45, 2.75) is 26.2 Å². The normalized spacial score (nSPS) is 11.4. The molecule has 0 aliphatic heterocycles. The quantitative estimate of drug-likeness (QED) is 0.212. The van der Waals surface area contributed by atoms with Gasteiger partial charge in [-0.2, -0.15) is 5.26 Å². The Morgan fingerprint density at radius 2 is 1.78 bits per heavy atom. The number of carbonyl (C=O) groups excluding carboxylic acids is 2. The Bertz CT molecular complexity index is 998. The standard InChI is InChI=1S/C25H28N2O5/c1-25(2,3)21-7-5-6-8-22(21)31-17-23(28)32-20-11-9-18(10-12-20)15-19(16-26)24(29)27-13-14-30-4/h5-12,15H,13-14,17H2,1-4H3,(H,27,29)/b19-15+. The summed E-state index contributed by atoms with van der Waals surface area (Å²) in [5.74, 6) is -0.0341. The molecule has 0 aliphatic rings. The molecule has 0 fully saturated rings. The van der Waals surface area contributed by atoms with E-state index in [-0.39, 0.29) is 17.6 Å². The summed E-state index contributed by atoms with van der Waals surface area (Å²) >= 11 is 0. The molecule has 0 bridgehead atoms. The fourth-order valence-electron chi connectivity index (χ4n) is 2.82. The lowest BCUT2D eigenvalue weighted by Gasteiger charge is -2.22. The third kappa shape index (κ3) is 7.56. The maximum Gasteiger partial charge on any atom is 0.349 e. The molecule has 0 aromatic heterocycles. The monoisotopic (exact) mass is 436 g/mol. The van der Waals surface area contributed by atoms with Crippen LogP contribution in [0.5, 0.6) is 11.5 Å². The molecule has 2 aromatic rings. The van der Waals surface area contributed by atoms with Gasteiger partial charge in [-0.3, -0.25) is 4.79 Å². The maximum absolute atomic E-state index is 12.2. The van der Waals surface area contributed by atoms with E-state index in [9.17, 15) is 14.9 Å². The first-order chi connectivity index (χ1) is 15.2. The van der Waals surface area contributed by atoms with Gasteiger partial charge in [0.15, 0.2) is 6.61 Å². The van der Waals surface area contributed by atoms with E-state index in [2.05, 4.69) is 26.1 Å². The number of nitrogens with zero attached hydrogens (tertiary/aromatic N) is 1. The average Bonchev–Trinajstić information content (AvgIpc) is 2.76. The van der Waals surface area contributed by atoms with Crippen molar-refractivity contribution in [3.05, 3.63) is 65.2 Å². The lowest BCUT2D eigenvalue weighted by molar-refractivity contribution is -0.136. The number of benzene rings is 2. The lowest BCUT2D eigenvalue weighted by Crippen LogP contribution is -2.27. The molecular formula is C25H28N2O5. The Hall–Kier alpha value is -3.63. The van der Waals surface area contributed by atoms with Gasteiger partial charge in [0.05, 0.1) is 6.61 Å². The summed E-state index contributed by atoms with van der Waals surface area (Å²) in [5.41, 5.74) is 1.48. The molecule has 168 valence electrons. The van der Waals surface area contributed by atoms with Gasteiger partial charge in [0.25, 0.3) is 5.91 Å². The van der Waals surface area contributed by atoms with Crippen LogP contribution in [-0.4, -0.2) is 38.7 Å². The minimum absolute atomic E-state index is 0.0308. The topological polar surface area (TPSA) is 97.6 Å². The summed E-state index contributed by atoms with van der Waals surface area (Å²) in [7, 11) is 1.53. The van der Waals surface area contributed by atoms with Gasteiger partial charge in [-0.1, -0.05) is 51.1 Å². The number of amides is 1. The van der Waals surface area contributed by atoms with E-state index in [4.69, 9.17) is 14.2 Å². The van der Waals surface area contributed by atoms with Crippen molar-refractivity contribution in [2.75, 3.05) is 26.9 Å². The van der Waals surface area contributed by atoms with Gasteiger partial charge in [0.2, 0.25) is 0 Å². The van der Waals surface area contributed by atoms with Gasteiger partial charge in [0.1, 0.15) is 23.1 Å². The maximum atomic E-state index is 12.2. The number of nitriles is 1. The van der Waals surface area contributed by atoms with Crippen molar-refractivity contribution >= 4 is 18.0 Å². The molecule has 2 aromatic carbocycles. The van der Waals surface area contributed by atoms with Crippen molar-refractivity contribution < 1.29 is 23.8 Å². The molecule has 2 rings (SSSR count). The first-order valence-electron chi connectivity index (χ1n) is 10.2. The van der Waals surface area contributed by atoms with Crippen molar-refractivity contribution in [1.82, 2.24) is 5.32 Å². The van der Waals surface area contributed by atoms with Gasteiger partial charge in [-0.05, 0) is 40.8 Å². The predicted molar refractivity (Wildman–Crippen MR) is 121 cm³/mol. The molecule has 1 N–H and O–H groups in total. The first kappa shape index (κ1) is 24.6. The minimum atomic E-state index is -0.535. The zero-order valence-corrected chi connectivity index (χ0v) is 18.8. The smallest absolute Gasteiger partial charge is 0.349 e. The fourth-order valence-corrected chi connectivity index (χ4v) is 2.82. The Kier molecular flexibility index (Phi) is 8.99. The number of ether oxygens (including phenoxy) is 3. The van der Waals surface area contributed by atoms with Crippen LogP contribution in [0.1, 0.15) is 31.9 Å². The van der Waals surface area contributed by atoms with Crippen LogP contribution in [0.2, 0.25) is 0 Å². The number of rotatable bonds is 9. The van der Waals surface area contributed by atoms with Crippen LogP contribution >= 0.6 is 0 Å². The summed E-state index contributed by atoms with van der Waals surface area (Å²) in [6.45, 7) is 6.66. The zero-order valence-electron chi connectivity index (χ0n) is 18.8. The molecule has 0 radical (unpaired) electrons. The van der Waals surface area contributed by atoms with Gasteiger partial charge >= 0.3 is 5.97 Å². The van der Waals surface area contributed by atoms with Gasteiger partial charge in [-0.15, -0.1) is 0 Å². The number of carbonyl (C=O) groups is 2. The Balaban J connectivity index is 1.96. The van der Waals surface area contributed by atoms with E-state index in [0.717, 1.165) is 5.56 Å². The van der Waals surface area contributed by atoms with Gasteiger partial charge in [0, 0.05) is 13.7 Å². The number of esters is 1. The van der Waals surface area contributed by atoms with Crippen molar-refractivity contribution in [3.8, 4) is 17.6 Å². The van der Waals surface area contributed by atoms with Gasteiger partial charge in [-0.25, -0.2) is 4.79 Å². The summed E-state index contributed by atoms with van der Waals surface area (Å²) in [6, 6.07) is 15.9. The second kappa shape index (κ2) is 11.7. The number of hydrogen-bond acceptors (Lipinski definition) is 6. The summed E-state index contributed by atoms with van der Waals surface area (Å²) in [6.07, 6.45) is 1.46. The summed E-state index contributed by atoms with van der Waals surface area (Å²) in [4.78, 5) is 24.2. The van der Waals surface area contributed by atoms with E-state index < -0.39 is 11.9 Å². The van der Waals surface area contributed by atoms with Crippen LogP contribution < -0.4 is 14.8 Å².